The molecule has 1 rings (SSSR count). The Balaban J connectivity index is 2.94. The summed E-state index contributed by atoms with van der Waals surface area (Å²) in [7, 11) is 1.86. The van der Waals surface area contributed by atoms with Crippen LogP contribution in [-0.4, -0.2) is 39.7 Å². The predicted octanol–water partition coefficient (Wildman–Crippen LogP) is 0.854. The fourth-order valence-corrected chi connectivity index (χ4v) is 0.989. The second-order valence-corrected chi connectivity index (χ2v) is 3.57. The van der Waals surface area contributed by atoms with Crippen molar-refractivity contribution >= 4 is 11.9 Å². The first-order valence-corrected chi connectivity index (χ1v) is 4.95. The highest BCUT2D eigenvalue weighted by Gasteiger charge is 2.08. The van der Waals surface area contributed by atoms with E-state index in [0.29, 0.717) is 11.9 Å². The van der Waals surface area contributed by atoms with Crippen molar-refractivity contribution in [1.29, 1.82) is 0 Å². The molecule has 0 saturated carbocycles. The van der Waals surface area contributed by atoms with Gasteiger partial charge in [-0.05, 0) is 20.8 Å². The van der Waals surface area contributed by atoms with Gasteiger partial charge in [-0.3, -0.25) is 0 Å². The SMILES string of the molecule is CCN(C)c1nc(O)nc(NC(C)C)n1. The van der Waals surface area contributed by atoms with Gasteiger partial charge < -0.3 is 15.3 Å². The zero-order chi connectivity index (χ0) is 11.4. The number of nitrogens with one attached hydrogen (secondary N) is 1. The van der Waals surface area contributed by atoms with Crippen LogP contribution in [0.25, 0.3) is 0 Å². The van der Waals surface area contributed by atoms with Crippen molar-refractivity contribution in [2.75, 3.05) is 23.8 Å². The van der Waals surface area contributed by atoms with Crippen molar-refractivity contribution in [3.8, 4) is 6.01 Å². The Morgan fingerprint density at radius 2 is 2.00 bits per heavy atom. The highest BCUT2D eigenvalue weighted by Crippen LogP contribution is 2.12. The molecule has 0 unspecified atom stereocenters. The van der Waals surface area contributed by atoms with Gasteiger partial charge in [0.1, 0.15) is 0 Å². The van der Waals surface area contributed by atoms with Gasteiger partial charge in [0.15, 0.2) is 0 Å². The van der Waals surface area contributed by atoms with Gasteiger partial charge in [0.25, 0.3) is 0 Å². The molecule has 0 bridgehead atoms. The van der Waals surface area contributed by atoms with E-state index in [9.17, 15) is 5.11 Å². The number of aromatic hydroxyl groups is 1. The van der Waals surface area contributed by atoms with E-state index in [1.165, 1.54) is 0 Å². The van der Waals surface area contributed by atoms with E-state index in [1.807, 2.05) is 32.7 Å². The number of aromatic nitrogens is 3. The van der Waals surface area contributed by atoms with E-state index < -0.39 is 0 Å². The van der Waals surface area contributed by atoms with Gasteiger partial charge in [0.05, 0.1) is 0 Å². The molecular weight excluding hydrogens is 194 g/mol. The Labute approximate surface area is 89.4 Å². The molecule has 0 aliphatic heterocycles. The molecule has 0 saturated heterocycles. The third-order valence-electron chi connectivity index (χ3n) is 1.85. The molecule has 0 spiro atoms. The van der Waals surface area contributed by atoms with Crippen LogP contribution in [0, 0.1) is 0 Å². The molecule has 84 valence electrons. The Hall–Kier alpha value is -1.59. The largest absolute Gasteiger partial charge is 0.479 e. The minimum atomic E-state index is -0.261. The number of anilines is 2. The summed E-state index contributed by atoms with van der Waals surface area (Å²) in [6, 6.07) is -0.0463. The lowest BCUT2D eigenvalue weighted by Gasteiger charge is -2.15. The maximum Gasteiger partial charge on any atom is 0.320 e. The van der Waals surface area contributed by atoms with Gasteiger partial charge in [-0.1, -0.05) is 0 Å². The first kappa shape index (κ1) is 11.5. The number of rotatable bonds is 4. The van der Waals surface area contributed by atoms with Crippen molar-refractivity contribution in [3.05, 3.63) is 0 Å². The van der Waals surface area contributed by atoms with Gasteiger partial charge >= 0.3 is 6.01 Å². The fraction of sp³-hybridized carbons (Fsp3) is 0.667. The van der Waals surface area contributed by atoms with Crippen molar-refractivity contribution < 1.29 is 5.11 Å². The van der Waals surface area contributed by atoms with Crippen LogP contribution in [0.4, 0.5) is 11.9 Å². The number of nitrogens with zero attached hydrogens (tertiary/aromatic N) is 4. The average molecular weight is 211 g/mol. The molecule has 1 aromatic heterocycles. The number of hydrogen-bond donors (Lipinski definition) is 2. The lowest BCUT2D eigenvalue weighted by Crippen LogP contribution is -2.21. The maximum atomic E-state index is 9.32. The summed E-state index contributed by atoms with van der Waals surface area (Å²) in [6.45, 7) is 6.70. The van der Waals surface area contributed by atoms with Crippen molar-refractivity contribution in [3.63, 3.8) is 0 Å². The minimum absolute atomic E-state index is 0.214. The molecule has 6 nitrogen and oxygen atoms in total. The van der Waals surface area contributed by atoms with E-state index in [4.69, 9.17) is 0 Å². The molecule has 1 heterocycles. The van der Waals surface area contributed by atoms with Gasteiger partial charge in [-0.2, -0.15) is 15.0 Å². The van der Waals surface area contributed by atoms with Crippen LogP contribution >= 0.6 is 0 Å². The molecular formula is C9H17N5O. The van der Waals surface area contributed by atoms with E-state index in [2.05, 4.69) is 20.3 Å². The lowest BCUT2D eigenvalue weighted by atomic mass is 10.4. The molecule has 6 heteroatoms. The zero-order valence-electron chi connectivity index (χ0n) is 9.52. The standard InChI is InChI=1S/C9H17N5O/c1-5-14(4)8-11-7(10-6(2)3)12-9(15)13-8/h6H,5H2,1-4H3,(H2,10,11,12,13,15). The predicted molar refractivity (Wildman–Crippen MR) is 59.2 cm³/mol. The topological polar surface area (TPSA) is 74.2 Å². The Morgan fingerprint density at radius 3 is 2.53 bits per heavy atom. The molecule has 0 atom stereocenters. The third kappa shape index (κ3) is 3.23. The number of hydrogen-bond acceptors (Lipinski definition) is 6. The third-order valence-corrected chi connectivity index (χ3v) is 1.85. The maximum absolute atomic E-state index is 9.32. The molecule has 0 aliphatic rings. The summed E-state index contributed by atoms with van der Waals surface area (Å²) in [6.07, 6.45) is 0. The molecule has 0 radical (unpaired) electrons. The molecule has 0 aliphatic carbocycles. The summed E-state index contributed by atoms with van der Waals surface area (Å²) in [5, 5.41) is 12.3. The minimum Gasteiger partial charge on any atom is -0.479 e. The highest BCUT2D eigenvalue weighted by molar-refractivity contribution is 5.37. The molecule has 1 aromatic rings. The second-order valence-electron chi connectivity index (χ2n) is 3.57. The van der Waals surface area contributed by atoms with Crippen LogP contribution in [0.1, 0.15) is 20.8 Å². The molecule has 2 N–H and O–H groups in total. The van der Waals surface area contributed by atoms with Crippen LogP contribution in [0.15, 0.2) is 0 Å². The van der Waals surface area contributed by atoms with E-state index in [-0.39, 0.29) is 12.1 Å². The highest BCUT2D eigenvalue weighted by atomic mass is 16.3. The Kier molecular flexibility index (Phi) is 3.65. The summed E-state index contributed by atoms with van der Waals surface area (Å²) in [5.74, 6) is 0.862. The van der Waals surface area contributed by atoms with Gasteiger partial charge in [0.2, 0.25) is 11.9 Å². The first-order chi connectivity index (χ1) is 7.02. The van der Waals surface area contributed by atoms with Crippen molar-refractivity contribution in [2.24, 2.45) is 0 Å². The summed E-state index contributed by atoms with van der Waals surface area (Å²) in [5.41, 5.74) is 0. The van der Waals surface area contributed by atoms with Gasteiger partial charge in [-0.15, -0.1) is 0 Å². The Bertz CT molecular complexity index is 328. The quantitative estimate of drug-likeness (QED) is 0.769. The van der Waals surface area contributed by atoms with E-state index in [1.54, 1.807) is 0 Å². The van der Waals surface area contributed by atoms with Crippen LogP contribution < -0.4 is 10.2 Å². The normalized spacial score (nSPS) is 10.5. The first-order valence-electron chi connectivity index (χ1n) is 4.95. The van der Waals surface area contributed by atoms with Crippen molar-refractivity contribution in [2.45, 2.75) is 26.8 Å². The van der Waals surface area contributed by atoms with Crippen molar-refractivity contribution in [1.82, 2.24) is 15.0 Å². The van der Waals surface area contributed by atoms with E-state index >= 15 is 0 Å². The van der Waals surface area contributed by atoms with Gasteiger partial charge in [0, 0.05) is 19.6 Å². The van der Waals surface area contributed by atoms with Crippen LogP contribution in [-0.2, 0) is 0 Å². The summed E-state index contributed by atoms with van der Waals surface area (Å²) >= 11 is 0. The molecule has 15 heavy (non-hydrogen) atoms. The van der Waals surface area contributed by atoms with Crippen LogP contribution in [0.5, 0.6) is 6.01 Å². The zero-order valence-corrected chi connectivity index (χ0v) is 9.52. The van der Waals surface area contributed by atoms with Crippen LogP contribution in [0.3, 0.4) is 0 Å². The summed E-state index contributed by atoms with van der Waals surface area (Å²) in [4.78, 5) is 13.6. The van der Waals surface area contributed by atoms with E-state index in [0.717, 1.165) is 6.54 Å². The smallest absolute Gasteiger partial charge is 0.320 e. The molecule has 0 amide bonds. The Morgan fingerprint density at radius 1 is 1.33 bits per heavy atom. The van der Waals surface area contributed by atoms with Gasteiger partial charge in [-0.25, -0.2) is 0 Å². The molecule has 0 fully saturated rings. The monoisotopic (exact) mass is 211 g/mol. The summed E-state index contributed by atoms with van der Waals surface area (Å²) < 4.78 is 0. The lowest BCUT2D eigenvalue weighted by molar-refractivity contribution is 0.428. The second kappa shape index (κ2) is 4.77. The fourth-order valence-electron chi connectivity index (χ4n) is 0.989. The molecule has 0 aromatic carbocycles. The van der Waals surface area contributed by atoms with Crippen LogP contribution in [0.2, 0.25) is 0 Å². The average Bonchev–Trinajstić information content (AvgIpc) is 2.14.